The highest BCUT2D eigenvalue weighted by Crippen LogP contribution is 2.32. The van der Waals surface area contributed by atoms with Gasteiger partial charge < -0.3 is 14.7 Å². The third-order valence-electron chi connectivity index (χ3n) is 4.38. The number of benzene rings is 2. The van der Waals surface area contributed by atoms with Crippen molar-refractivity contribution in [3.05, 3.63) is 53.5 Å². The van der Waals surface area contributed by atoms with Gasteiger partial charge in [-0.2, -0.15) is 5.10 Å². The van der Waals surface area contributed by atoms with Gasteiger partial charge in [0.05, 0.1) is 16.9 Å². The molecule has 3 rings (SSSR count). The van der Waals surface area contributed by atoms with E-state index in [4.69, 9.17) is 5.11 Å². The zero-order valence-corrected chi connectivity index (χ0v) is 17.2. The molecule has 0 saturated carbocycles. The van der Waals surface area contributed by atoms with Gasteiger partial charge in [-0.3, -0.25) is 4.79 Å². The van der Waals surface area contributed by atoms with E-state index in [1.165, 1.54) is 16.8 Å². The Labute approximate surface area is 172 Å². The molecule has 2 N–H and O–H groups in total. The Bertz CT molecular complexity index is 1100. The van der Waals surface area contributed by atoms with Gasteiger partial charge in [0.15, 0.2) is 0 Å². The number of aliphatic hydroxyl groups is 1. The first-order chi connectivity index (χ1) is 14.0. The lowest BCUT2D eigenvalue weighted by Crippen LogP contribution is -2.22. The maximum atomic E-state index is 13.4. The maximum absolute atomic E-state index is 13.4. The van der Waals surface area contributed by atoms with Crippen molar-refractivity contribution in [2.24, 2.45) is 0 Å². The van der Waals surface area contributed by atoms with Crippen LogP contribution in [0.2, 0.25) is 0 Å². The van der Waals surface area contributed by atoms with E-state index >= 15 is 0 Å². The lowest BCUT2D eigenvalue weighted by molar-refractivity contribution is 0.0957. The highest BCUT2D eigenvalue weighted by molar-refractivity contribution is 7.99. The SMILES string of the molecule is CCN(SC)c1cc2nn(-c3ccc(F)cc3)c(C(=O)NC)c2cc1C#CCO. The fourth-order valence-electron chi connectivity index (χ4n) is 3.07. The molecule has 2 aromatic carbocycles. The van der Waals surface area contributed by atoms with Gasteiger partial charge in [0.1, 0.15) is 18.1 Å². The van der Waals surface area contributed by atoms with Gasteiger partial charge in [0.25, 0.3) is 5.91 Å². The monoisotopic (exact) mass is 412 g/mol. The number of hydrogen-bond acceptors (Lipinski definition) is 5. The first-order valence-electron chi connectivity index (χ1n) is 9.00. The molecule has 3 aromatic rings. The zero-order valence-electron chi connectivity index (χ0n) is 16.4. The fourth-order valence-corrected chi connectivity index (χ4v) is 3.67. The summed E-state index contributed by atoms with van der Waals surface area (Å²) in [6, 6.07) is 9.48. The molecule has 150 valence electrons. The Hall–Kier alpha value is -3.02. The smallest absolute Gasteiger partial charge is 0.270 e. The van der Waals surface area contributed by atoms with Crippen molar-refractivity contribution in [3.8, 4) is 17.5 Å². The lowest BCUT2D eigenvalue weighted by Gasteiger charge is -2.21. The molecule has 0 radical (unpaired) electrons. The van der Waals surface area contributed by atoms with Crippen molar-refractivity contribution < 1.29 is 14.3 Å². The number of carbonyl (C=O) groups excluding carboxylic acids is 1. The number of carbonyl (C=O) groups is 1. The van der Waals surface area contributed by atoms with Crippen molar-refractivity contribution in [1.29, 1.82) is 0 Å². The molecular weight excluding hydrogens is 391 g/mol. The summed E-state index contributed by atoms with van der Waals surface area (Å²) in [5.74, 6) is 4.97. The van der Waals surface area contributed by atoms with Crippen LogP contribution >= 0.6 is 11.9 Å². The van der Waals surface area contributed by atoms with Gasteiger partial charge in [-0.05, 0) is 43.3 Å². The molecule has 6 nitrogen and oxygen atoms in total. The van der Waals surface area contributed by atoms with E-state index in [9.17, 15) is 9.18 Å². The Kier molecular flexibility index (Phi) is 6.42. The van der Waals surface area contributed by atoms with Crippen LogP contribution < -0.4 is 9.62 Å². The number of aromatic nitrogens is 2. The minimum atomic E-state index is -0.366. The van der Waals surface area contributed by atoms with E-state index in [1.54, 1.807) is 31.1 Å². The summed E-state index contributed by atoms with van der Waals surface area (Å²) in [7, 11) is 1.55. The first kappa shape index (κ1) is 20.7. The molecule has 0 fully saturated rings. The Morgan fingerprint density at radius 1 is 1.34 bits per heavy atom. The summed E-state index contributed by atoms with van der Waals surface area (Å²) in [4.78, 5) is 12.7. The first-order valence-corrected chi connectivity index (χ1v) is 10.2. The van der Waals surface area contributed by atoms with E-state index in [0.29, 0.717) is 27.8 Å². The standard InChI is InChI=1S/C21H21FN4O2S/c1-4-25(29-3)19-13-18-17(12-14(19)6-5-11-27)20(21(28)23-2)26(24-18)16-9-7-15(22)8-10-16/h7-10,12-13,27H,4,11H2,1-3H3,(H,23,28). The van der Waals surface area contributed by atoms with Crippen molar-refractivity contribution in [3.63, 3.8) is 0 Å². The number of fused-ring (bicyclic) bond motifs is 1. The second-order valence-corrected chi connectivity index (χ2v) is 6.85. The van der Waals surface area contributed by atoms with Crippen LogP contribution in [0.3, 0.4) is 0 Å². The molecular formula is C21H21FN4O2S. The molecule has 0 unspecified atom stereocenters. The summed E-state index contributed by atoms with van der Waals surface area (Å²) in [5, 5.41) is 17.0. The van der Waals surface area contributed by atoms with Gasteiger partial charge in [-0.25, -0.2) is 9.07 Å². The number of halogens is 1. The normalized spacial score (nSPS) is 10.5. The van der Waals surface area contributed by atoms with Gasteiger partial charge in [0, 0.05) is 30.8 Å². The molecule has 0 bridgehead atoms. The van der Waals surface area contributed by atoms with Crippen molar-refractivity contribution in [1.82, 2.24) is 15.1 Å². The van der Waals surface area contributed by atoms with E-state index < -0.39 is 0 Å². The zero-order chi connectivity index (χ0) is 21.0. The Morgan fingerprint density at radius 3 is 2.66 bits per heavy atom. The number of nitrogens with zero attached hydrogens (tertiary/aromatic N) is 3. The third-order valence-corrected chi connectivity index (χ3v) is 5.28. The van der Waals surface area contributed by atoms with Gasteiger partial charge >= 0.3 is 0 Å². The number of nitrogens with one attached hydrogen (secondary N) is 1. The molecule has 0 aliphatic rings. The summed E-state index contributed by atoms with van der Waals surface area (Å²) in [5.41, 5.74) is 3.06. The molecule has 0 aliphatic heterocycles. The van der Waals surface area contributed by atoms with Gasteiger partial charge in [-0.15, -0.1) is 0 Å². The van der Waals surface area contributed by atoms with Crippen LogP contribution in [0.4, 0.5) is 10.1 Å². The van der Waals surface area contributed by atoms with Crippen LogP contribution in [-0.4, -0.2) is 47.2 Å². The highest BCUT2D eigenvalue weighted by atomic mass is 32.2. The largest absolute Gasteiger partial charge is 0.384 e. The van der Waals surface area contributed by atoms with E-state index in [2.05, 4.69) is 26.6 Å². The minimum absolute atomic E-state index is 0.264. The van der Waals surface area contributed by atoms with E-state index in [-0.39, 0.29) is 18.3 Å². The Morgan fingerprint density at radius 2 is 2.07 bits per heavy atom. The third kappa shape index (κ3) is 4.06. The topological polar surface area (TPSA) is 70.4 Å². The van der Waals surface area contributed by atoms with Crippen LogP contribution in [0.25, 0.3) is 16.6 Å². The second kappa shape index (κ2) is 8.99. The molecule has 0 spiro atoms. The molecule has 8 heteroatoms. The number of aliphatic hydroxyl groups excluding tert-OH is 1. The summed E-state index contributed by atoms with van der Waals surface area (Å²) >= 11 is 1.55. The minimum Gasteiger partial charge on any atom is -0.384 e. The number of anilines is 1. The molecule has 1 aromatic heterocycles. The average molecular weight is 412 g/mol. The van der Waals surface area contributed by atoms with Crippen molar-refractivity contribution >= 4 is 34.4 Å². The number of amides is 1. The summed E-state index contributed by atoms with van der Waals surface area (Å²) in [6.45, 7) is 2.50. The fraction of sp³-hybridized carbons (Fsp3) is 0.238. The highest BCUT2D eigenvalue weighted by Gasteiger charge is 2.21. The second-order valence-electron chi connectivity index (χ2n) is 6.04. The number of rotatable bonds is 5. The van der Waals surface area contributed by atoms with E-state index in [1.807, 2.05) is 25.3 Å². The van der Waals surface area contributed by atoms with Crippen molar-refractivity contribution in [2.45, 2.75) is 6.92 Å². The maximum Gasteiger partial charge on any atom is 0.270 e. The van der Waals surface area contributed by atoms with Crippen LogP contribution in [0, 0.1) is 17.7 Å². The van der Waals surface area contributed by atoms with Crippen LogP contribution in [-0.2, 0) is 0 Å². The molecule has 0 aliphatic carbocycles. The predicted octanol–water partition coefficient (Wildman–Crippen LogP) is 2.97. The van der Waals surface area contributed by atoms with Crippen LogP contribution in [0.5, 0.6) is 0 Å². The molecule has 1 amide bonds. The van der Waals surface area contributed by atoms with Crippen LogP contribution in [0.1, 0.15) is 23.0 Å². The molecule has 1 heterocycles. The quantitative estimate of drug-likeness (QED) is 0.498. The summed E-state index contributed by atoms with van der Waals surface area (Å²) in [6.07, 6.45) is 1.96. The van der Waals surface area contributed by atoms with Crippen molar-refractivity contribution in [2.75, 3.05) is 30.8 Å². The average Bonchev–Trinajstić information content (AvgIpc) is 3.11. The number of hydrogen-bond donors (Lipinski definition) is 2. The van der Waals surface area contributed by atoms with Gasteiger partial charge in [0.2, 0.25) is 0 Å². The molecule has 29 heavy (non-hydrogen) atoms. The van der Waals surface area contributed by atoms with E-state index in [0.717, 1.165) is 12.2 Å². The lowest BCUT2D eigenvalue weighted by atomic mass is 10.1. The molecule has 0 saturated heterocycles. The Balaban J connectivity index is 2.33. The predicted molar refractivity (Wildman–Crippen MR) is 115 cm³/mol. The molecule has 0 atom stereocenters. The summed E-state index contributed by atoms with van der Waals surface area (Å²) < 4.78 is 16.9. The van der Waals surface area contributed by atoms with Crippen LogP contribution in [0.15, 0.2) is 36.4 Å². The van der Waals surface area contributed by atoms with Gasteiger partial charge in [-0.1, -0.05) is 23.8 Å².